The minimum Gasteiger partial charge on any atom is -0.347 e. The fourth-order valence-corrected chi connectivity index (χ4v) is 3.58. The van der Waals surface area contributed by atoms with E-state index < -0.39 is 22.0 Å². The molecule has 0 aliphatic rings. The molecule has 0 fully saturated rings. The fraction of sp³-hybridized carbons (Fsp3) is 0.263. The Morgan fingerprint density at radius 3 is 2.12 bits per heavy atom. The normalized spacial score (nSPS) is 12.4. The highest BCUT2D eigenvalue weighted by atomic mass is 32.2. The zero-order valence-corrected chi connectivity index (χ0v) is 15.8. The van der Waals surface area contributed by atoms with Crippen LogP contribution < -0.4 is 4.72 Å². The number of rotatable bonds is 7. The Bertz CT molecular complexity index is 876. The van der Waals surface area contributed by atoms with Crippen molar-refractivity contribution >= 4 is 21.7 Å². The molecular formula is C19H22N2O4S. The zero-order valence-electron chi connectivity index (χ0n) is 15.0. The smallest absolute Gasteiger partial charge is 0.241 e. The number of hydrogen-bond acceptors (Lipinski definition) is 4. The Morgan fingerprint density at radius 1 is 1.00 bits per heavy atom. The van der Waals surface area contributed by atoms with Crippen LogP contribution in [0.2, 0.25) is 0 Å². The van der Waals surface area contributed by atoms with Crippen molar-refractivity contribution in [2.24, 2.45) is 0 Å². The van der Waals surface area contributed by atoms with Gasteiger partial charge in [0.1, 0.15) is 6.04 Å². The number of ketones is 1. The maximum absolute atomic E-state index is 12.6. The van der Waals surface area contributed by atoms with Gasteiger partial charge in [0.25, 0.3) is 0 Å². The van der Waals surface area contributed by atoms with Crippen molar-refractivity contribution in [1.29, 1.82) is 0 Å². The highest BCUT2D eigenvalue weighted by Crippen LogP contribution is 2.13. The molecule has 1 atom stereocenters. The summed E-state index contributed by atoms with van der Waals surface area (Å²) in [6.45, 7) is 1.85. The first kappa shape index (κ1) is 19.8. The van der Waals surface area contributed by atoms with Gasteiger partial charge in [-0.1, -0.05) is 48.0 Å². The number of Topliss-reactive ketones (excluding diaryl/α,β-unsaturated/α-hetero) is 1. The molecule has 0 spiro atoms. The molecule has 2 aromatic carbocycles. The number of carbonyl (C=O) groups excluding carboxylic acids is 2. The van der Waals surface area contributed by atoms with E-state index in [1.807, 2.05) is 6.92 Å². The van der Waals surface area contributed by atoms with Crippen LogP contribution in [0.5, 0.6) is 0 Å². The molecule has 0 aliphatic heterocycles. The van der Waals surface area contributed by atoms with Crippen LogP contribution in [-0.4, -0.2) is 45.1 Å². The first-order valence-corrected chi connectivity index (χ1v) is 9.57. The Kier molecular flexibility index (Phi) is 6.28. The number of carbonyl (C=O) groups is 2. The molecule has 1 N–H and O–H groups in total. The first-order valence-electron chi connectivity index (χ1n) is 8.09. The molecule has 1 amide bonds. The second kappa shape index (κ2) is 8.25. The molecule has 2 aromatic rings. The third kappa shape index (κ3) is 5.00. The maximum Gasteiger partial charge on any atom is 0.241 e. The Hall–Kier alpha value is -2.51. The molecule has 26 heavy (non-hydrogen) atoms. The molecular weight excluding hydrogens is 352 g/mol. The molecule has 0 saturated carbocycles. The number of amides is 1. The van der Waals surface area contributed by atoms with Crippen LogP contribution in [0.15, 0.2) is 59.5 Å². The van der Waals surface area contributed by atoms with Gasteiger partial charge in [0.05, 0.1) is 4.90 Å². The first-order chi connectivity index (χ1) is 12.2. The minimum absolute atomic E-state index is 0.0480. The van der Waals surface area contributed by atoms with Gasteiger partial charge >= 0.3 is 0 Å². The summed E-state index contributed by atoms with van der Waals surface area (Å²) in [4.78, 5) is 26.2. The highest BCUT2D eigenvalue weighted by molar-refractivity contribution is 7.89. The third-order valence-corrected chi connectivity index (χ3v) is 5.34. The van der Waals surface area contributed by atoms with Crippen molar-refractivity contribution in [3.8, 4) is 0 Å². The number of hydrogen-bond donors (Lipinski definition) is 1. The lowest BCUT2D eigenvalue weighted by Crippen LogP contribution is -2.47. The monoisotopic (exact) mass is 374 g/mol. The summed E-state index contributed by atoms with van der Waals surface area (Å²) in [5, 5.41) is 0. The van der Waals surface area contributed by atoms with Crippen LogP contribution in [0.25, 0.3) is 0 Å². The molecule has 0 saturated heterocycles. The predicted octanol–water partition coefficient (Wildman–Crippen LogP) is 2.00. The molecule has 0 aliphatic carbocycles. The third-order valence-electron chi connectivity index (χ3n) is 3.85. The largest absolute Gasteiger partial charge is 0.347 e. The van der Waals surface area contributed by atoms with E-state index in [0.29, 0.717) is 5.56 Å². The molecule has 0 heterocycles. The average molecular weight is 374 g/mol. The second-order valence-electron chi connectivity index (χ2n) is 6.21. The van der Waals surface area contributed by atoms with Crippen LogP contribution in [0.4, 0.5) is 0 Å². The van der Waals surface area contributed by atoms with E-state index in [1.54, 1.807) is 42.5 Å². The van der Waals surface area contributed by atoms with Crippen LogP contribution >= 0.6 is 0 Å². The molecule has 0 radical (unpaired) electrons. The zero-order chi connectivity index (χ0) is 19.3. The van der Waals surface area contributed by atoms with Crippen molar-refractivity contribution in [3.63, 3.8) is 0 Å². The van der Waals surface area contributed by atoms with Gasteiger partial charge in [-0.2, -0.15) is 4.72 Å². The summed E-state index contributed by atoms with van der Waals surface area (Å²) in [6.07, 6.45) is -0.258. The van der Waals surface area contributed by atoms with Crippen LogP contribution in [0.1, 0.15) is 22.3 Å². The summed E-state index contributed by atoms with van der Waals surface area (Å²) in [6, 6.07) is 13.6. The summed E-state index contributed by atoms with van der Waals surface area (Å²) < 4.78 is 27.6. The standard InChI is InChI=1S/C19H22N2O4S/c1-14-9-11-16(12-10-14)26(24,25)20-17(19(23)21(2)3)13-18(22)15-7-5-4-6-8-15/h4-12,17,20H,13H2,1-3H3/t17-/m0/s1. The maximum atomic E-state index is 12.6. The van der Waals surface area contributed by atoms with Crippen LogP contribution in [-0.2, 0) is 14.8 Å². The van der Waals surface area contributed by atoms with E-state index in [2.05, 4.69) is 4.72 Å². The molecule has 0 aromatic heterocycles. The number of aryl methyl sites for hydroxylation is 1. The lowest BCUT2D eigenvalue weighted by atomic mass is 10.0. The Labute approximate surface area is 153 Å². The summed E-state index contributed by atoms with van der Waals surface area (Å²) in [7, 11) is -0.900. The summed E-state index contributed by atoms with van der Waals surface area (Å²) >= 11 is 0. The van der Waals surface area contributed by atoms with Gasteiger partial charge in [-0.25, -0.2) is 8.42 Å². The van der Waals surface area contributed by atoms with E-state index in [0.717, 1.165) is 5.56 Å². The van der Waals surface area contributed by atoms with Crippen molar-refractivity contribution in [2.75, 3.05) is 14.1 Å². The van der Waals surface area contributed by atoms with Gasteiger partial charge in [-0.3, -0.25) is 9.59 Å². The average Bonchev–Trinajstić information content (AvgIpc) is 2.61. The van der Waals surface area contributed by atoms with Gasteiger partial charge in [0.15, 0.2) is 5.78 Å². The van der Waals surface area contributed by atoms with E-state index >= 15 is 0 Å². The van der Waals surface area contributed by atoms with Gasteiger partial charge in [0.2, 0.25) is 15.9 Å². The van der Waals surface area contributed by atoms with Gasteiger partial charge < -0.3 is 4.90 Å². The Morgan fingerprint density at radius 2 is 1.58 bits per heavy atom. The lowest BCUT2D eigenvalue weighted by molar-refractivity contribution is -0.130. The van der Waals surface area contributed by atoms with Crippen molar-refractivity contribution in [2.45, 2.75) is 24.3 Å². The molecule has 2 rings (SSSR count). The van der Waals surface area contributed by atoms with Crippen molar-refractivity contribution < 1.29 is 18.0 Å². The van der Waals surface area contributed by atoms with Crippen molar-refractivity contribution in [1.82, 2.24) is 9.62 Å². The molecule has 0 bridgehead atoms. The molecule has 0 unspecified atom stereocenters. The lowest BCUT2D eigenvalue weighted by Gasteiger charge is -2.21. The number of benzene rings is 2. The minimum atomic E-state index is -3.93. The summed E-state index contributed by atoms with van der Waals surface area (Å²) in [5.74, 6) is -0.789. The van der Waals surface area contributed by atoms with E-state index in [4.69, 9.17) is 0 Å². The molecule has 7 heteroatoms. The van der Waals surface area contributed by atoms with Crippen LogP contribution in [0.3, 0.4) is 0 Å². The molecule has 138 valence electrons. The number of nitrogens with zero attached hydrogens (tertiary/aromatic N) is 1. The number of likely N-dealkylation sites (N-methyl/N-ethyl adjacent to an activating group) is 1. The van der Waals surface area contributed by atoms with Gasteiger partial charge in [0, 0.05) is 26.1 Å². The topological polar surface area (TPSA) is 83.5 Å². The number of nitrogens with one attached hydrogen (secondary N) is 1. The SMILES string of the molecule is Cc1ccc(S(=O)(=O)N[C@@H](CC(=O)c2ccccc2)C(=O)N(C)C)cc1. The second-order valence-corrected chi connectivity index (χ2v) is 7.93. The molecule has 6 nitrogen and oxygen atoms in total. The predicted molar refractivity (Wildman–Crippen MR) is 99.4 cm³/mol. The fourth-order valence-electron chi connectivity index (χ4n) is 2.39. The van der Waals surface area contributed by atoms with E-state index in [1.165, 1.54) is 31.1 Å². The Balaban J connectivity index is 2.26. The summed E-state index contributed by atoms with van der Waals surface area (Å²) in [5.41, 5.74) is 1.35. The highest BCUT2D eigenvalue weighted by Gasteiger charge is 2.29. The van der Waals surface area contributed by atoms with Crippen molar-refractivity contribution in [3.05, 3.63) is 65.7 Å². The quantitative estimate of drug-likeness (QED) is 0.752. The number of sulfonamides is 1. The van der Waals surface area contributed by atoms with E-state index in [-0.39, 0.29) is 17.1 Å². The van der Waals surface area contributed by atoms with E-state index in [9.17, 15) is 18.0 Å². The van der Waals surface area contributed by atoms with Gasteiger partial charge in [-0.15, -0.1) is 0 Å². The van der Waals surface area contributed by atoms with Gasteiger partial charge in [-0.05, 0) is 19.1 Å². The van der Waals surface area contributed by atoms with Crippen LogP contribution in [0, 0.1) is 6.92 Å².